The highest BCUT2D eigenvalue weighted by molar-refractivity contribution is 7.11. The van der Waals surface area contributed by atoms with Gasteiger partial charge in [-0.05, 0) is 18.5 Å². The van der Waals surface area contributed by atoms with Crippen LogP contribution in [0.5, 0.6) is 0 Å². The Labute approximate surface area is 131 Å². The largest absolute Gasteiger partial charge is 0.382 e. The number of nitrogens with zero attached hydrogens (tertiary/aromatic N) is 5. The van der Waals surface area contributed by atoms with Crippen LogP contribution in [0.1, 0.15) is 10.8 Å². The van der Waals surface area contributed by atoms with E-state index in [1.165, 1.54) is 11.5 Å². The zero-order chi connectivity index (χ0) is 15.0. The first-order valence-corrected chi connectivity index (χ1v) is 8.06. The molecule has 0 unspecified atom stereocenters. The highest BCUT2D eigenvalue weighted by atomic mass is 32.1. The second-order valence-corrected chi connectivity index (χ2v) is 6.62. The molecule has 21 heavy (non-hydrogen) atoms. The van der Waals surface area contributed by atoms with Crippen LogP contribution in [0.15, 0.2) is 17.8 Å². The van der Waals surface area contributed by atoms with Crippen molar-refractivity contribution in [2.75, 3.05) is 17.7 Å². The molecule has 0 aliphatic rings. The van der Waals surface area contributed by atoms with Crippen molar-refractivity contribution < 1.29 is 0 Å². The van der Waals surface area contributed by atoms with E-state index >= 15 is 0 Å². The third-order valence-electron chi connectivity index (χ3n) is 3.22. The summed E-state index contributed by atoms with van der Waals surface area (Å²) in [5.41, 5.74) is 7.85. The predicted octanol–water partition coefficient (Wildman–Crippen LogP) is 2.53. The van der Waals surface area contributed by atoms with Crippen LogP contribution in [0.25, 0.3) is 11.3 Å². The van der Waals surface area contributed by atoms with Crippen LogP contribution < -0.4 is 10.6 Å². The Morgan fingerprint density at radius 2 is 2.24 bits per heavy atom. The molecule has 3 heterocycles. The summed E-state index contributed by atoms with van der Waals surface area (Å²) < 4.78 is 6.30. The third kappa shape index (κ3) is 2.64. The minimum absolute atomic E-state index is 0.534. The minimum atomic E-state index is 0.534. The van der Waals surface area contributed by atoms with Gasteiger partial charge in [0.25, 0.3) is 0 Å². The molecule has 0 bridgehead atoms. The van der Waals surface area contributed by atoms with E-state index in [2.05, 4.69) is 19.2 Å². The first-order valence-electron chi connectivity index (χ1n) is 6.41. The summed E-state index contributed by atoms with van der Waals surface area (Å²) >= 11 is 3.01. The molecule has 0 aliphatic carbocycles. The Kier molecular flexibility index (Phi) is 3.64. The van der Waals surface area contributed by atoms with Gasteiger partial charge in [-0.1, -0.05) is 0 Å². The van der Waals surface area contributed by atoms with E-state index in [-0.39, 0.29) is 0 Å². The average Bonchev–Trinajstić information content (AvgIpc) is 3.12. The fraction of sp³-hybridized carbons (Fsp3) is 0.308. The van der Waals surface area contributed by atoms with Crippen molar-refractivity contribution >= 4 is 33.7 Å². The number of aromatic nitrogens is 4. The lowest BCUT2D eigenvalue weighted by atomic mass is 10.2. The minimum Gasteiger partial charge on any atom is -0.382 e. The van der Waals surface area contributed by atoms with E-state index in [9.17, 15) is 0 Å². The molecule has 110 valence electrons. The topological polar surface area (TPSA) is 72.9 Å². The number of nitrogen functional groups attached to an aromatic ring is 1. The Balaban J connectivity index is 1.94. The van der Waals surface area contributed by atoms with Gasteiger partial charge in [-0.3, -0.25) is 0 Å². The van der Waals surface area contributed by atoms with Gasteiger partial charge in [0.15, 0.2) is 0 Å². The number of hydrogen-bond acceptors (Lipinski definition) is 7. The average molecular weight is 320 g/mol. The molecule has 0 fully saturated rings. The molecule has 0 amide bonds. The van der Waals surface area contributed by atoms with Crippen LogP contribution in [-0.2, 0) is 13.6 Å². The molecule has 0 spiro atoms. The summed E-state index contributed by atoms with van der Waals surface area (Å²) in [5, 5.41) is 4.06. The van der Waals surface area contributed by atoms with E-state index in [0.29, 0.717) is 12.4 Å². The molecular weight excluding hydrogens is 304 g/mol. The molecule has 2 N–H and O–H groups in total. The quantitative estimate of drug-likeness (QED) is 0.799. The Bertz CT molecular complexity index is 756. The smallest absolute Gasteiger partial charge is 0.148 e. The predicted molar refractivity (Wildman–Crippen MR) is 87.7 cm³/mol. The van der Waals surface area contributed by atoms with Crippen LogP contribution in [0.3, 0.4) is 0 Å². The van der Waals surface area contributed by atoms with E-state index in [0.717, 1.165) is 27.1 Å². The Morgan fingerprint density at radius 1 is 1.43 bits per heavy atom. The van der Waals surface area contributed by atoms with Crippen molar-refractivity contribution in [3.63, 3.8) is 0 Å². The lowest BCUT2D eigenvalue weighted by molar-refractivity contribution is 0.765. The van der Waals surface area contributed by atoms with Crippen LogP contribution >= 0.6 is 22.9 Å². The lowest BCUT2D eigenvalue weighted by Crippen LogP contribution is -2.18. The number of aryl methyl sites for hydroxylation is 2. The van der Waals surface area contributed by atoms with Crippen molar-refractivity contribution in [1.82, 2.24) is 18.9 Å². The monoisotopic (exact) mass is 320 g/mol. The highest BCUT2D eigenvalue weighted by Crippen LogP contribution is 2.39. The normalized spacial score (nSPS) is 11.0. The number of rotatable bonds is 4. The van der Waals surface area contributed by atoms with Crippen molar-refractivity contribution in [1.29, 1.82) is 0 Å². The summed E-state index contributed by atoms with van der Waals surface area (Å²) in [6.45, 7) is 2.68. The maximum absolute atomic E-state index is 6.04. The molecular formula is C13H16N6S2. The zero-order valence-corrected chi connectivity index (χ0v) is 13.7. The fourth-order valence-electron chi connectivity index (χ4n) is 2.11. The molecule has 3 aromatic rings. The molecule has 3 rings (SSSR count). The summed E-state index contributed by atoms with van der Waals surface area (Å²) in [5.74, 6) is 1.52. The van der Waals surface area contributed by atoms with Gasteiger partial charge in [0.2, 0.25) is 0 Å². The van der Waals surface area contributed by atoms with Gasteiger partial charge in [-0.15, -0.1) is 11.3 Å². The lowest BCUT2D eigenvalue weighted by Gasteiger charge is -2.17. The highest BCUT2D eigenvalue weighted by Gasteiger charge is 2.20. The Morgan fingerprint density at radius 3 is 2.86 bits per heavy atom. The second kappa shape index (κ2) is 5.45. The number of anilines is 2. The maximum atomic E-state index is 6.04. The SMILES string of the molecule is Cc1nc(-c2c(N)nsc2N(C)Cc2nccn2C)cs1. The standard InChI is InChI=1S/C13H16N6S2/c1-8-16-9(7-20-8)11-12(14)17-21-13(11)19(3)6-10-15-4-5-18(10)2/h4-5,7H,6H2,1-3H3,(H2,14,17). The molecule has 3 aromatic heterocycles. The van der Waals surface area contributed by atoms with Crippen molar-refractivity contribution in [3.8, 4) is 11.3 Å². The fourth-order valence-corrected chi connectivity index (χ4v) is 3.49. The van der Waals surface area contributed by atoms with E-state index in [1.807, 2.05) is 37.2 Å². The van der Waals surface area contributed by atoms with Gasteiger partial charge in [0, 0.05) is 31.9 Å². The van der Waals surface area contributed by atoms with Crippen LogP contribution in [0, 0.1) is 6.92 Å². The third-order valence-corrected chi connectivity index (χ3v) is 4.97. The van der Waals surface area contributed by atoms with Crippen LogP contribution in [0.2, 0.25) is 0 Å². The number of imidazole rings is 1. The summed E-state index contributed by atoms with van der Waals surface area (Å²) in [4.78, 5) is 11.0. The zero-order valence-electron chi connectivity index (χ0n) is 12.1. The molecule has 0 saturated heterocycles. The first-order chi connectivity index (χ1) is 10.1. The number of nitrogens with two attached hydrogens (primary N) is 1. The molecule has 0 aromatic carbocycles. The van der Waals surface area contributed by atoms with Crippen molar-refractivity contribution in [2.24, 2.45) is 7.05 Å². The summed E-state index contributed by atoms with van der Waals surface area (Å²) in [6.07, 6.45) is 3.74. The van der Waals surface area contributed by atoms with Crippen molar-refractivity contribution in [2.45, 2.75) is 13.5 Å². The molecule has 0 aliphatic heterocycles. The molecule has 8 heteroatoms. The molecule has 0 atom stereocenters. The van der Waals surface area contributed by atoms with E-state index in [1.54, 1.807) is 17.5 Å². The molecule has 0 radical (unpaired) electrons. The van der Waals surface area contributed by atoms with Gasteiger partial charge in [0.1, 0.15) is 16.6 Å². The van der Waals surface area contributed by atoms with Gasteiger partial charge in [0.05, 0.1) is 22.8 Å². The number of hydrogen-bond donors (Lipinski definition) is 1. The first kappa shape index (κ1) is 14.0. The van der Waals surface area contributed by atoms with Gasteiger partial charge < -0.3 is 15.2 Å². The van der Waals surface area contributed by atoms with Gasteiger partial charge in [-0.25, -0.2) is 9.97 Å². The second-order valence-electron chi connectivity index (χ2n) is 4.81. The van der Waals surface area contributed by atoms with Crippen molar-refractivity contribution in [3.05, 3.63) is 28.6 Å². The molecule has 6 nitrogen and oxygen atoms in total. The van der Waals surface area contributed by atoms with Gasteiger partial charge >= 0.3 is 0 Å². The van der Waals surface area contributed by atoms with Crippen LogP contribution in [0.4, 0.5) is 10.8 Å². The summed E-state index contributed by atoms with van der Waals surface area (Å²) in [7, 11) is 4.01. The van der Waals surface area contributed by atoms with Crippen LogP contribution in [-0.4, -0.2) is 26.0 Å². The van der Waals surface area contributed by atoms with Gasteiger partial charge in [-0.2, -0.15) is 4.37 Å². The molecule has 0 saturated carbocycles. The summed E-state index contributed by atoms with van der Waals surface area (Å²) in [6, 6.07) is 0. The maximum Gasteiger partial charge on any atom is 0.148 e. The van der Waals surface area contributed by atoms with E-state index in [4.69, 9.17) is 5.73 Å². The Hall–Kier alpha value is -1.93. The van der Waals surface area contributed by atoms with E-state index < -0.39 is 0 Å². The number of thiazole rings is 1.